The highest BCUT2D eigenvalue weighted by molar-refractivity contribution is 7.85. The largest absolute Gasteiger partial charge is 0.461 e. The molecule has 0 heterocycles. The van der Waals surface area contributed by atoms with Gasteiger partial charge in [0.05, 0.1) is 26.4 Å². The van der Waals surface area contributed by atoms with E-state index in [1.165, 1.54) is 0 Å². The maximum atomic E-state index is 11.8. The Kier molecular flexibility index (Phi) is 10.9. The predicted molar refractivity (Wildman–Crippen MR) is 93.5 cm³/mol. The van der Waals surface area contributed by atoms with Crippen LogP contribution in [-0.2, 0) is 29.2 Å². The summed E-state index contributed by atoms with van der Waals surface area (Å²) in [6, 6.07) is 0. The van der Waals surface area contributed by atoms with Crippen LogP contribution in [0.15, 0.2) is 0 Å². The molecule has 0 spiro atoms. The quantitative estimate of drug-likeness (QED) is 0.291. The number of hydrogen-bond donors (Lipinski definition) is 1. The molecule has 148 valence electrons. The fourth-order valence-electron chi connectivity index (χ4n) is 2.35. The molecule has 0 fully saturated rings. The Morgan fingerprint density at radius 3 is 2.16 bits per heavy atom. The van der Waals surface area contributed by atoms with Crippen LogP contribution in [0.2, 0.25) is 0 Å². The molecule has 1 atom stereocenters. The Hall–Kier alpha value is -1.19. The molecule has 1 N–H and O–H groups in total. The summed E-state index contributed by atoms with van der Waals surface area (Å²) in [5.74, 6) is -1.01. The summed E-state index contributed by atoms with van der Waals surface area (Å²) in [7, 11) is -0.275. The summed E-state index contributed by atoms with van der Waals surface area (Å²) in [6.07, 6.45) is 1.61. The molecular weight excluding hydrogens is 350 g/mol. The van der Waals surface area contributed by atoms with Crippen molar-refractivity contribution in [3.63, 3.8) is 0 Å². The van der Waals surface area contributed by atoms with Gasteiger partial charge in [0.1, 0.15) is 13.2 Å². The Bertz CT molecular complexity index is 517. The highest BCUT2D eigenvalue weighted by Crippen LogP contribution is 2.09. The van der Waals surface area contributed by atoms with E-state index in [2.05, 4.69) is 0 Å². The van der Waals surface area contributed by atoms with Gasteiger partial charge in [0.25, 0.3) is 10.1 Å². The van der Waals surface area contributed by atoms with Crippen LogP contribution in [0.4, 0.5) is 0 Å². The molecule has 0 radical (unpaired) electrons. The van der Waals surface area contributed by atoms with Gasteiger partial charge >= 0.3 is 11.9 Å². The number of carbonyl (C=O) groups is 2. The van der Waals surface area contributed by atoms with Gasteiger partial charge in [0.15, 0.2) is 6.10 Å². The van der Waals surface area contributed by atoms with Crippen LogP contribution in [0.3, 0.4) is 0 Å². The number of hydrogen-bond acceptors (Lipinski definition) is 6. The summed E-state index contributed by atoms with van der Waals surface area (Å²) in [5, 5.41) is 0. The minimum atomic E-state index is -3.99. The van der Waals surface area contributed by atoms with E-state index in [9.17, 15) is 18.0 Å². The van der Waals surface area contributed by atoms with Crippen LogP contribution in [0.5, 0.6) is 0 Å². The average Bonchev–Trinajstić information content (AvgIpc) is 2.43. The van der Waals surface area contributed by atoms with E-state index < -0.39 is 16.2 Å². The maximum absolute atomic E-state index is 11.8. The van der Waals surface area contributed by atoms with Gasteiger partial charge in [-0.1, -0.05) is 13.8 Å². The first-order chi connectivity index (χ1) is 11.5. The van der Waals surface area contributed by atoms with Crippen molar-refractivity contribution >= 4 is 22.1 Å². The van der Waals surface area contributed by atoms with Crippen LogP contribution in [0.25, 0.3) is 0 Å². The third kappa shape index (κ3) is 13.7. The summed E-state index contributed by atoms with van der Waals surface area (Å²) < 4.78 is 41.4. The molecule has 0 aliphatic carbocycles. The predicted octanol–water partition coefficient (Wildman–Crippen LogP) is 1.40. The number of rotatable bonds is 13. The standard InChI is InChI=1S/C16H31NO7S/c1-5-8-15(18)23-13-14(24-16(19)9-6-2)12-17(3,4)10-7-11-25(20,21)22/h14H,5-13H2,1-4H3/p+1. The monoisotopic (exact) mass is 382 g/mol. The van der Waals surface area contributed by atoms with E-state index in [1.807, 2.05) is 27.9 Å². The molecule has 1 unspecified atom stereocenters. The molecule has 0 aromatic carbocycles. The molecule has 0 aliphatic heterocycles. The second kappa shape index (κ2) is 11.4. The van der Waals surface area contributed by atoms with Gasteiger partial charge in [-0.25, -0.2) is 0 Å². The average molecular weight is 382 g/mol. The van der Waals surface area contributed by atoms with Crippen LogP contribution >= 0.6 is 0 Å². The molecule has 8 nitrogen and oxygen atoms in total. The third-order valence-electron chi connectivity index (χ3n) is 3.50. The molecule has 0 bridgehead atoms. The lowest BCUT2D eigenvalue weighted by molar-refractivity contribution is -0.893. The summed E-state index contributed by atoms with van der Waals surface area (Å²) in [6.45, 7) is 4.56. The van der Waals surface area contributed by atoms with Crippen molar-refractivity contribution in [1.29, 1.82) is 0 Å². The second-order valence-electron chi connectivity index (χ2n) is 6.78. The van der Waals surface area contributed by atoms with Gasteiger partial charge < -0.3 is 14.0 Å². The Morgan fingerprint density at radius 1 is 1.08 bits per heavy atom. The van der Waals surface area contributed by atoms with Gasteiger partial charge in [-0.2, -0.15) is 8.42 Å². The molecule has 0 aliphatic rings. The summed E-state index contributed by atoms with van der Waals surface area (Å²) in [5.41, 5.74) is 0. The van der Waals surface area contributed by atoms with E-state index in [4.69, 9.17) is 14.0 Å². The van der Waals surface area contributed by atoms with Crippen LogP contribution in [0.1, 0.15) is 46.0 Å². The van der Waals surface area contributed by atoms with E-state index in [0.29, 0.717) is 36.8 Å². The topological polar surface area (TPSA) is 107 Å². The number of ether oxygens (including phenoxy) is 2. The Morgan fingerprint density at radius 2 is 1.64 bits per heavy atom. The molecule has 0 aromatic heterocycles. The smallest absolute Gasteiger partial charge is 0.306 e. The van der Waals surface area contributed by atoms with Gasteiger partial charge in [0.2, 0.25) is 0 Å². The minimum absolute atomic E-state index is 0.0196. The van der Waals surface area contributed by atoms with Gasteiger partial charge in [0, 0.05) is 19.3 Å². The number of esters is 2. The maximum Gasteiger partial charge on any atom is 0.306 e. The van der Waals surface area contributed by atoms with Crippen molar-refractivity contribution in [2.24, 2.45) is 0 Å². The molecule has 0 saturated carbocycles. The molecular formula is C16H32NO7S+. The lowest BCUT2D eigenvalue weighted by atomic mass is 10.2. The first kappa shape index (κ1) is 23.8. The lowest BCUT2D eigenvalue weighted by Gasteiger charge is -2.33. The van der Waals surface area contributed by atoms with Crippen LogP contribution in [0, 0.1) is 0 Å². The SMILES string of the molecule is CCCC(=O)OCC(C[N+](C)(C)CCCS(=O)(=O)O)OC(=O)CCC. The normalized spacial score (nSPS) is 13.3. The van der Waals surface area contributed by atoms with Crippen molar-refractivity contribution in [3.8, 4) is 0 Å². The number of carbonyl (C=O) groups excluding carboxylic acids is 2. The third-order valence-corrected chi connectivity index (χ3v) is 4.30. The van der Waals surface area contributed by atoms with Crippen molar-refractivity contribution in [2.75, 3.05) is 39.5 Å². The van der Waals surface area contributed by atoms with Gasteiger partial charge in [-0.05, 0) is 12.8 Å². The first-order valence-electron chi connectivity index (χ1n) is 8.61. The lowest BCUT2D eigenvalue weighted by Crippen LogP contribution is -2.49. The minimum Gasteiger partial charge on any atom is -0.461 e. The van der Waals surface area contributed by atoms with E-state index in [-0.39, 0.29) is 37.1 Å². The zero-order valence-electron chi connectivity index (χ0n) is 15.7. The van der Waals surface area contributed by atoms with E-state index in [1.54, 1.807) is 0 Å². The fourth-order valence-corrected chi connectivity index (χ4v) is 2.85. The zero-order chi connectivity index (χ0) is 19.5. The highest BCUT2D eigenvalue weighted by atomic mass is 32.2. The highest BCUT2D eigenvalue weighted by Gasteiger charge is 2.26. The molecule has 0 aromatic rings. The fraction of sp³-hybridized carbons (Fsp3) is 0.875. The van der Waals surface area contributed by atoms with E-state index >= 15 is 0 Å². The summed E-state index contributed by atoms with van der Waals surface area (Å²) >= 11 is 0. The molecule has 0 saturated heterocycles. The van der Waals surface area contributed by atoms with Gasteiger partial charge in [-0.15, -0.1) is 0 Å². The first-order valence-corrected chi connectivity index (χ1v) is 10.2. The number of nitrogens with zero attached hydrogens (tertiary/aromatic N) is 1. The van der Waals surface area contributed by atoms with Crippen LogP contribution in [-0.4, -0.2) is 75.0 Å². The van der Waals surface area contributed by atoms with Crippen LogP contribution < -0.4 is 0 Å². The molecule has 0 rings (SSSR count). The van der Waals surface area contributed by atoms with E-state index in [0.717, 1.165) is 0 Å². The van der Waals surface area contributed by atoms with Crippen molar-refractivity contribution in [2.45, 2.75) is 52.1 Å². The molecule has 25 heavy (non-hydrogen) atoms. The second-order valence-corrected chi connectivity index (χ2v) is 8.35. The number of likely N-dealkylation sites (N-methyl/N-ethyl adjacent to an activating group) is 1. The molecule has 0 amide bonds. The van der Waals surface area contributed by atoms with Crippen molar-refractivity contribution in [3.05, 3.63) is 0 Å². The Balaban J connectivity index is 4.70. The van der Waals surface area contributed by atoms with Crippen molar-refractivity contribution < 1.29 is 36.5 Å². The summed E-state index contributed by atoms with van der Waals surface area (Å²) in [4.78, 5) is 23.3. The number of quaternary nitrogens is 1. The van der Waals surface area contributed by atoms with Crippen molar-refractivity contribution in [1.82, 2.24) is 0 Å². The Labute approximate surface area is 150 Å². The zero-order valence-corrected chi connectivity index (χ0v) is 16.5. The molecule has 9 heteroatoms. The van der Waals surface area contributed by atoms with Gasteiger partial charge in [-0.3, -0.25) is 14.1 Å².